The van der Waals surface area contributed by atoms with Gasteiger partial charge in [-0.15, -0.1) is 0 Å². The number of halogens is 2. The van der Waals surface area contributed by atoms with Crippen molar-refractivity contribution in [1.29, 1.82) is 0 Å². The fourth-order valence-electron chi connectivity index (χ4n) is 5.78. The molecule has 0 radical (unpaired) electrons. The summed E-state index contributed by atoms with van der Waals surface area (Å²) in [6.45, 7) is 23.7. The molecule has 1 atom stereocenters. The zero-order valence-electron chi connectivity index (χ0n) is 23.3. The normalized spacial score (nSPS) is 15.7. The van der Waals surface area contributed by atoms with Gasteiger partial charge in [0.25, 0.3) is 0 Å². The molecule has 2 aliphatic carbocycles. The summed E-state index contributed by atoms with van der Waals surface area (Å²) in [6, 6.07) is 7.40. The first kappa shape index (κ1) is 30.5. The molecule has 188 valence electrons. The fourth-order valence-corrected chi connectivity index (χ4v) is 14.0. The molecule has 35 heavy (non-hydrogen) atoms. The summed E-state index contributed by atoms with van der Waals surface area (Å²) < 4.78 is 5.32. The van der Waals surface area contributed by atoms with E-state index in [-0.39, 0.29) is 30.2 Å². The van der Waals surface area contributed by atoms with Gasteiger partial charge in [0.1, 0.15) is 0 Å². The molecular formula is C32H42Cl2Zr. The molecule has 0 saturated carbocycles. The van der Waals surface area contributed by atoms with Crippen molar-refractivity contribution in [2.24, 2.45) is 11.3 Å². The van der Waals surface area contributed by atoms with Crippen LogP contribution in [0.25, 0.3) is 11.1 Å². The summed E-state index contributed by atoms with van der Waals surface area (Å²) in [5.41, 5.74) is 13.9. The van der Waals surface area contributed by atoms with Crippen LogP contribution >= 0.6 is 0 Å². The number of benzene rings is 2. The first-order valence-electron chi connectivity index (χ1n) is 12.8. The summed E-state index contributed by atoms with van der Waals surface area (Å²) >= 11 is -2.23. The van der Waals surface area contributed by atoms with Gasteiger partial charge in [0.05, 0.1) is 0 Å². The Labute approximate surface area is 234 Å². The van der Waals surface area contributed by atoms with Gasteiger partial charge in [-0.2, -0.15) is 0 Å². The van der Waals surface area contributed by atoms with Crippen LogP contribution in [0.3, 0.4) is 0 Å². The Bertz CT molecular complexity index is 1230. The van der Waals surface area contributed by atoms with E-state index in [0.29, 0.717) is 5.92 Å². The third kappa shape index (κ3) is 5.59. The number of hydrogen-bond acceptors (Lipinski definition) is 0. The number of fused-ring (bicyclic) bond motifs is 3. The van der Waals surface area contributed by atoms with Crippen molar-refractivity contribution in [1.82, 2.24) is 0 Å². The maximum Gasteiger partial charge on any atom is -1.00 e. The van der Waals surface area contributed by atoms with Gasteiger partial charge in [-0.1, -0.05) is 0 Å². The van der Waals surface area contributed by atoms with Crippen molar-refractivity contribution in [3.8, 4) is 11.1 Å². The van der Waals surface area contributed by atoms with Gasteiger partial charge in [-0.3, -0.25) is 0 Å². The minimum Gasteiger partial charge on any atom is -1.00 e. The molecule has 0 aliphatic heterocycles. The summed E-state index contributed by atoms with van der Waals surface area (Å²) in [5.74, 6) is 0.636. The Morgan fingerprint density at radius 3 is 2.09 bits per heavy atom. The molecule has 0 nitrogen and oxygen atoms in total. The molecule has 3 heteroatoms. The van der Waals surface area contributed by atoms with E-state index in [1.807, 2.05) is 3.28 Å². The summed E-state index contributed by atoms with van der Waals surface area (Å²) in [5, 5.41) is 0. The fraction of sp³-hybridized carbons (Fsp3) is 0.469. The van der Waals surface area contributed by atoms with E-state index in [4.69, 9.17) is 0 Å². The molecule has 2 aromatic rings. The van der Waals surface area contributed by atoms with E-state index >= 15 is 0 Å². The van der Waals surface area contributed by atoms with Gasteiger partial charge in [-0.25, -0.2) is 0 Å². The van der Waals surface area contributed by atoms with E-state index in [2.05, 4.69) is 99.6 Å². The third-order valence-electron chi connectivity index (χ3n) is 7.93. The second-order valence-corrected chi connectivity index (χ2v) is 18.7. The zero-order chi connectivity index (χ0) is 24.2. The molecule has 0 bridgehead atoms. The molecule has 0 N–H and O–H groups in total. The van der Waals surface area contributed by atoms with E-state index < -0.39 is 21.3 Å². The van der Waals surface area contributed by atoms with Crippen molar-refractivity contribution in [2.75, 3.05) is 0 Å². The molecule has 0 saturated heterocycles. The van der Waals surface area contributed by atoms with Crippen LogP contribution in [0.15, 0.2) is 39.2 Å². The quantitative estimate of drug-likeness (QED) is 0.439. The van der Waals surface area contributed by atoms with Crippen LogP contribution in [0.5, 0.6) is 0 Å². The molecular weight excluding hydrogens is 546 g/mol. The third-order valence-corrected chi connectivity index (χ3v) is 16.0. The molecule has 0 amide bonds. The van der Waals surface area contributed by atoms with Crippen molar-refractivity contribution < 1.29 is 46.1 Å². The van der Waals surface area contributed by atoms with Crippen molar-refractivity contribution in [2.45, 2.75) is 88.5 Å². The van der Waals surface area contributed by atoms with Crippen LogP contribution in [0.1, 0.15) is 87.8 Å². The summed E-state index contributed by atoms with van der Waals surface area (Å²) in [7, 11) is 0. The molecule has 2 aliphatic rings. The summed E-state index contributed by atoms with van der Waals surface area (Å²) in [4.78, 5) is 0. The van der Waals surface area contributed by atoms with E-state index in [0.717, 1.165) is 6.42 Å². The topological polar surface area (TPSA) is 0 Å². The van der Waals surface area contributed by atoms with Crippen molar-refractivity contribution in [3.05, 3.63) is 72.6 Å². The molecule has 1 unspecified atom stereocenters. The second kappa shape index (κ2) is 11.3. The van der Waals surface area contributed by atoms with Crippen molar-refractivity contribution >= 4 is 6.48 Å². The van der Waals surface area contributed by atoms with Gasteiger partial charge < -0.3 is 24.8 Å². The van der Waals surface area contributed by atoms with Crippen LogP contribution in [0, 0.1) is 39.0 Å². The van der Waals surface area contributed by atoms with E-state index in [1.165, 1.54) is 46.2 Å². The van der Waals surface area contributed by atoms with Gasteiger partial charge in [0.2, 0.25) is 0 Å². The SMILES string of the molecule is CCCC1C=C(C(C)(C)C)C=[C]1[Zr+2](=[C](C)C)[c]1c(C)c(C)cc2c1Cc1cc(C)c(C)cc1-2.[Cl-].[Cl-]. The largest absolute Gasteiger partial charge is 1.00 e. The smallest absolute Gasteiger partial charge is 1.00 e. The molecule has 0 fully saturated rings. The molecule has 2 aromatic carbocycles. The standard InChI is InChI=1S/C17H17.C12H19.C3H6.2ClH.Zr/c1-10-5-14-9-15-6-11(2)13(4)8-17(15)16(14)7-12(10)3;1-5-6-10-7-8-11(9-10)12(2,3)4;1-3-2;;;/h5,7-8H,9H2,1-4H3;8-10H,5-6H2,1-4H3;1-2H3;2*1H;/q;;;;;+2/p-2. The number of rotatable bonds is 4. The van der Waals surface area contributed by atoms with Crippen LogP contribution in [0.4, 0.5) is 0 Å². The van der Waals surface area contributed by atoms with Crippen LogP contribution in [-0.2, 0) is 27.7 Å². The Morgan fingerprint density at radius 2 is 1.51 bits per heavy atom. The van der Waals surface area contributed by atoms with Gasteiger partial charge in [-0.05, 0) is 0 Å². The molecule has 0 spiro atoms. The average molecular weight is 589 g/mol. The first-order chi connectivity index (χ1) is 15.4. The van der Waals surface area contributed by atoms with Gasteiger partial charge in [0, 0.05) is 0 Å². The minimum absolute atomic E-state index is 0. The predicted molar refractivity (Wildman–Crippen MR) is 144 cm³/mol. The molecule has 4 rings (SSSR count). The monoisotopic (exact) mass is 586 g/mol. The Balaban J connectivity index is 0.00000216. The second-order valence-electron chi connectivity index (χ2n) is 11.7. The predicted octanol–water partition coefficient (Wildman–Crippen LogP) is 2.24. The van der Waals surface area contributed by atoms with E-state index in [1.54, 1.807) is 23.2 Å². The minimum atomic E-state index is -2.23. The van der Waals surface area contributed by atoms with Crippen LogP contribution < -0.4 is 28.1 Å². The maximum absolute atomic E-state index is 2.66. The van der Waals surface area contributed by atoms with Crippen LogP contribution in [-0.4, -0.2) is 3.21 Å². The number of hydrogen-bond donors (Lipinski definition) is 0. The van der Waals surface area contributed by atoms with Gasteiger partial charge in [0.15, 0.2) is 0 Å². The molecule has 0 heterocycles. The van der Waals surface area contributed by atoms with Crippen molar-refractivity contribution in [3.63, 3.8) is 0 Å². The summed E-state index contributed by atoms with van der Waals surface area (Å²) in [6.07, 6.45) is 8.95. The number of aryl methyl sites for hydroxylation is 3. The van der Waals surface area contributed by atoms with Crippen LogP contribution in [0.2, 0.25) is 0 Å². The maximum atomic E-state index is 2.66. The number of allylic oxidation sites excluding steroid dienone is 4. The van der Waals surface area contributed by atoms with E-state index in [9.17, 15) is 0 Å². The Hall–Kier alpha value is -0.747. The Kier molecular flexibility index (Phi) is 9.87. The Morgan fingerprint density at radius 1 is 0.914 bits per heavy atom. The zero-order valence-corrected chi connectivity index (χ0v) is 27.3. The average Bonchev–Trinajstić information content (AvgIpc) is 3.27. The molecule has 0 aromatic heterocycles. The van der Waals surface area contributed by atoms with Gasteiger partial charge >= 0.3 is 211 Å². The first-order valence-corrected chi connectivity index (χ1v) is 16.5.